The zero-order chi connectivity index (χ0) is 19.2. The third-order valence-corrected chi connectivity index (χ3v) is 5.99. The van der Waals surface area contributed by atoms with Gasteiger partial charge in [-0.25, -0.2) is 4.79 Å². The highest BCUT2D eigenvalue weighted by molar-refractivity contribution is 5.74. The fourth-order valence-corrected chi connectivity index (χ4v) is 4.48. The SMILES string of the molecule is O=C(NC1CCN(c2cccnn2)CC1)N[C@H]1CCC[C@@H](c2ccccc2)C1. The van der Waals surface area contributed by atoms with Crippen molar-refractivity contribution in [2.75, 3.05) is 18.0 Å². The van der Waals surface area contributed by atoms with Crippen LogP contribution in [0, 0.1) is 0 Å². The molecule has 4 rings (SSSR count). The highest BCUT2D eigenvalue weighted by atomic mass is 16.2. The molecule has 2 atom stereocenters. The zero-order valence-electron chi connectivity index (χ0n) is 16.3. The van der Waals surface area contributed by atoms with Crippen molar-refractivity contribution >= 4 is 11.8 Å². The molecule has 2 N–H and O–H groups in total. The van der Waals surface area contributed by atoms with Gasteiger partial charge in [-0.15, -0.1) is 5.10 Å². The van der Waals surface area contributed by atoms with E-state index in [9.17, 15) is 4.79 Å². The molecule has 2 aliphatic rings. The molecule has 0 spiro atoms. The van der Waals surface area contributed by atoms with Crippen molar-refractivity contribution in [3.05, 3.63) is 54.2 Å². The molecular formula is C22H29N5O. The maximum Gasteiger partial charge on any atom is 0.315 e. The first-order valence-corrected chi connectivity index (χ1v) is 10.4. The molecule has 6 heteroatoms. The van der Waals surface area contributed by atoms with Gasteiger partial charge >= 0.3 is 6.03 Å². The van der Waals surface area contributed by atoms with Crippen LogP contribution in [0.1, 0.15) is 50.0 Å². The third-order valence-electron chi connectivity index (χ3n) is 5.99. The number of rotatable bonds is 4. The number of urea groups is 1. The summed E-state index contributed by atoms with van der Waals surface area (Å²) in [6.45, 7) is 1.78. The number of carbonyl (C=O) groups excluding carboxylic acids is 1. The first-order valence-electron chi connectivity index (χ1n) is 10.4. The molecule has 148 valence electrons. The van der Waals surface area contributed by atoms with Crippen LogP contribution in [0.4, 0.5) is 10.6 Å². The highest BCUT2D eigenvalue weighted by Gasteiger charge is 2.26. The van der Waals surface area contributed by atoms with Crippen LogP contribution in [0.15, 0.2) is 48.7 Å². The molecule has 1 saturated carbocycles. The molecule has 1 aromatic carbocycles. The van der Waals surface area contributed by atoms with Crippen LogP contribution in [-0.2, 0) is 0 Å². The summed E-state index contributed by atoms with van der Waals surface area (Å²) in [6.07, 6.45) is 8.04. The largest absolute Gasteiger partial charge is 0.355 e. The van der Waals surface area contributed by atoms with Gasteiger partial charge < -0.3 is 15.5 Å². The average Bonchev–Trinajstić information content (AvgIpc) is 2.76. The quantitative estimate of drug-likeness (QED) is 0.853. The Kier molecular flexibility index (Phi) is 6.04. The molecule has 6 nitrogen and oxygen atoms in total. The van der Waals surface area contributed by atoms with Gasteiger partial charge in [-0.2, -0.15) is 5.10 Å². The Hall–Kier alpha value is -2.63. The first-order chi connectivity index (χ1) is 13.8. The molecule has 2 amide bonds. The van der Waals surface area contributed by atoms with Crippen molar-refractivity contribution < 1.29 is 4.79 Å². The van der Waals surface area contributed by atoms with Crippen molar-refractivity contribution in [3.8, 4) is 0 Å². The smallest absolute Gasteiger partial charge is 0.315 e. The van der Waals surface area contributed by atoms with E-state index in [2.05, 4.69) is 56.1 Å². The molecule has 0 bridgehead atoms. The molecule has 2 fully saturated rings. The van der Waals surface area contributed by atoms with Crippen LogP contribution in [-0.4, -0.2) is 41.4 Å². The summed E-state index contributed by atoms with van der Waals surface area (Å²) in [6, 6.07) is 15.0. The number of hydrogen-bond acceptors (Lipinski definition) is 4. The van der Waals surface area contributed by atoms with E-state index in [0.717, 1.165) is 44.6 Å². The lowest BCUT2D eigenvalue weighted by molar-refractivity contribution is 0.224. The average molecular weight is 380 g/mol. The van der Waals surface area contributed by atoms with Gasteiger partial charge in [-0.3, -0.25) is 0 Å². The number of hydrogen-bond donors (Lipinski definition) is 2. The van der Waals surface area contributed by atoms with E-state index in [1.807, 2.05) is 12.1 Å². The highest BCUT2D eigenvalue weighted by Crippen LogP contribution is 2.32. The van der Waals surface area contributed by atoms with Crippen molar-refractivity contribution in [2.45, 2.75) is 56.5 Å². The Balaban J connectivity index is 1.22. The molecule has 2 aromatic rings. The maximum absolute atomic E-state index is 12.5. The number of nitrogens with zero attached hydrogens (tertiary/aromatic N) is 3. The van der Waals surface area contributed by atoms with Gasteiger partial charge in [-0.1, -0.05) is 36.8 Å². The molecular weight excluding hydrogens is 350 g/mol. The van der Waals surface area contributed by atoms with Crippen LogP contribution in [0.25, 0.3) is 0 Å². The molecule has 1 aromatic heterocycles. The molecule has 1 aliphatic heterocycles. The normalized spacial score (nSPS) is 23.2. The second-order valence-electron chi connectivity index (χ2n) is 7.93. The molecule has 0 unspecified atom stereocenters. The standard InChI is InChI=1S/C22H29N5O/c28-22(24-19-11-14-27(15-12-19)21-10-5-13-23-26-21)25-20-9-4-8-18(16-20)17-6-2-1-3-7-17/h1-3,5-7,10,13,18-20H,4,8-9,11-12,14-16H2,(H2,24,25,28)/t18-,20+/m1/s1. The van der Waals surface area contributed by atoms with E-state index in [0.29, 0.717) is 5.92 Å². The molecule has 1 aliphatic carbocycles. The summed E-state index contributed by atoms with van der Waals surface area (Å²) < 4.78 is 0. The van der Waals surface area contributed by atoms with Gasteiger partial charge in [0.1, 0.15) is 0 Å². The van der Waals surface area contributed by atoms with Crippen LogP contribution < -0.4 is 15.5 Å². The van der Waals surface area contributed by atoms with Crippen LogP contribution >= 0.6 is 0 Å². The van der Waals surface area contributed by atoms with Crippen molar-refractivity contribution in [2.24, 2.45) is 0 Å². The Bertz CT molecular complexity index is 746. The Morgan fingerprint density at radius 2 is 1.71 bits per heavy atom. The predicted molar refractivity (Wildman–Crippen MR) is 110 cm³/mol. The van der Waals surface area contributed by atoms with E-state index in [4.69, 9.17) is 0 Å². The summed E-state index contributed by atoms with van der Waals surface area (Å²) in [4.78, 5) is 14.7. The van der Waals surface area contributed by atoms with E-state index in [-0.39, 0.29) is 18.1 Å². The monoisotopic (exact) mass is 379 g/mol. The number of carbonyl (C=O) groups is 1. The fraction of sp³-hybridized carbons (Fsp3) is 0.500. The molecule has 1 saturated heterocycles. The van der Waals surface area contributed by atoms with E-state index < -0.39 is 0 Å². The number of aromatic nitrogens is 2. The number of piperidine rings is 1. The van der Waals surface area contributed by atoms with Crippen LogP contribution in [0.3, 0.4) is 0 Å². The van der Waals surface area contributed by atoms with Crippen molar-refractivity contribution in [3.63, 3.8) is 0 Å². The molecule has 0 radical (unpaired) electrons. The maximum atomic E-state index is 12.5. The summed E-state index contributed by atoms with van der Waals surface area (Å²) in [7, 11) is 0. The first kappa shape index (κ1) is 18.7. The van der Waals surface area contributed by atoms with Gasteiger partial charge in [0.05, 0.1) is 0 Å². The summed E-state index contributed by atoms with van der Waals surface area (Å²) in [5.74, 6) is 1.47. The third kappa shape index (κ3) is 4.80. The number of amides is 2. The van der Waals surface area contributed by atoms with E-state index in [1.54, 1.807) is 6.20 Å². The zero-order valence-corrected chi connectivity index (χ0v) is 16.3. The van der Waals surface area contributed by atoms with Crippen molar-refractivity contribution in [1.29, 1.82) is 0 Å². The Morgan fingerprint density at radius 3 is 2.46 bits per heavy atom. The predicted octanol–water partition coefficient (Wildman–Crippen LogP) is 3.47. The topological polar surface area (TPSA) is 70.2 Å². The van der Waals surface area contributed by atoms with Gasteiger partial charge in [0.2, 0.25) is 0 Å². The lowest BCUT2D eigenvalue weighted by Gasteiger charge is -2.34. The minimum atomic E-state index is -0.0170. The Morgan fingerprint density at radius 1 is 0.929 bits per heavy atom. The molecule has 28 heavy (non-hydrogen) atoms. The van der Waals surface area contributed by atoms with E-state index in [1.165, 1.54) is 18.4 Å². The minimum absolute atomic E-state index is 0.0170. The second-order valence-corrected chi connectivity index (χ2v) is 7.93. The van der Waals surface area contributed by atoms with Gasteiger partial charge in [0.25, 0.3) is 0 Å². The summed E-state index contributed by atoms with van der Waals surface area (Å²) in [5.41, 5.74) is 1.39. The van der Waals surface area contributed by atoms with Crippen LogP contribution in [0.2, 0.25) is 0 Å². The minimum Gasteiger partial charge on any atom is -0.355 e. The van der Waals surface area contributed by atoms with Gasteiger partial charge in [0.15, 0.2) is 5.82 Å². The summed E-state index contributed by atoms with van der Waals surface area (Å²) >= 11 is 0. The number of nitrogens with one attached hydrogen (secondary N) is 2. The number of anilines is 1. The summed E-state index contributed by atoms with van der Waals surface area (Å²) in [5, 5.41) is 14.5. The molecule has 2 heterocycles. The second kappa shape index (κ2) is 9.04. The lowest BCUT2D eigenvalue weighted by Crippen LogP contribution is -2.50. The van der Waals surface area contributed by atoms with Crippen LogP contribution in [0.5, 0.6) is 0 Å². The Labute approximate surface area is 166 Å². The van der Waals surface area contributed by atoms with E-state index >= 15 is 0 Å². The number of benzene rings is 1. The fourth-order valence-electron chi connectivity index (χ4n) is 4.48. The van der Waals surface area contributed by atoms with Gasteiger partial charge in [-0.05, 0) is 55.7 Å². The van der Waals surface area contributed by atoms with Crippen molar-refractivity contribution in [1.82, 2.24) is 20.8 Å². The van der Waals surface area contributed by atoms with Gasteiger partial charge in [0, 0.05) is 31.4 Å². The lowest BCUT2D eigenvalue weighted by atomic mass is 9.81.